The highest BCUT2D eigenvalue weighted by Crippen LogP contribution is 2.17. The summed E-state index contributed by atoms with van der Waals surface area (Å²) in [6.07, 6.45) is 1.91. The summed E-state index contributed by atoms with van der Waals surface area (Å²) in [6, 6.07) is 10.5. The highest BCUT2D eigenvalue weighted by molar-refractivity contribution is 5.46. The van der Waals surface area contributed by atoms with Crippen molar-refractivity contribution in [3.63, 3.8) is 0 Å². The van der Waals surface area contributed by atoms with E-state index in [2.05, 4.69) is 40.6 Å². The van der Waals surface area contributed by atoms with Crippen molar-refractivity contribution in [2.24, 2.45) is 0 Å². The predicted molar refractivity (Wildman–Crippen MR) is 55.6 cm³/mol. The first-order chi connectivity index (χ1) is 6.40. The zero-order valence-electron chi connectivity index (χ0n) is 7.69. The molecule has 0 amide bonds. The first-order valence-electron chi connectivity index (χ1n) is 4.57. The number of benzene rings is 1. The highest BCUT2D eigenvalue weighted by atomic mass is 15.4. The van der Waals surface area contributed by atoms with E-state index in [1.54, 1.807) is 0 Å². The summed E-state index contributed by atoms with van der Waals surface area (Å²) in [5.41, 5.74) is 1.30. The number of hydrogen-bond donors (Lipinski definition) is 0. The lowest BCUT2D eigenvalue weighted by Gasteiger charge is -2.18. The van der Waals surface area contributed by atoms with Crippen LogP contribution in [-0.2, 0) is 0 Å². The lowest BCUT2D eigenvalue weighted by Crippen LogP contribution is -2.21. The van der Waals surface area contributed by atoms with Crippen LogP contribution in [0.2, 0.25) is 0 Å². The molecule has 1 saturated heterocycles. The van der Waals surface area contributed by atoms with Gasteiger partial charge < -0.3 is 9.80 Å². The fourth-order valence-corrected chi connectivity index (χ4v) is 1.61. The van der Waals surface area contributed by atoms with Crippen molar-refractivity contribution in [3.05, 3.63) is 43.1 Å². The van der Waals surface area contributed by atoms with Crippen LogP contribution in [0.1, 0.15) is 0 Å². The Kier molecular flexibility index (Phi) is 2.21. The zero-order valence-corrected chi connectivity index (χ0v) is 7.69. The molecule has 1 aromatic rings. The van der Waals surface area contributed by atoms with E-state index >= 15 is 0 Å². The number of hydrogen-bond acceptors (Lipinski definition) is 2. The second kappa shape index (κ2) is 3.52. The molecule has 1 aliphatic rings. The van der Waals surface area contributed by atoms with E-state index in [0.29, 0.717) is 0 Å². The largest absolute Gasteiger partial charge is 0.359 e. The molecular weight excluding hydrogens is 160 g/mol. The van der Waals surface area contributed by atoms with E-state index in [1.807, 2.05) is 12.3 Å². The van der Waals surface area contributed by atoms with Crippen LogP contribution in [0.25, 0.3) is 0 Å². The van der Waals surface area contributed by atoms with E-state index in [0.717, 1.165) is 19.8 Å². The Balaban J connectivity index is 2.08. The monoisotopic (exact) mass is 174 g/mol. The number of anilines is 1. The van der Waals surface area contributed by atoms with Crippen molar-refractivity contribution in [1.29, 1.82) is 0 Å². The maximum Gasteiger partial charge on any atom is 0.0898 e. The molecule has 0 bridgehead atoms. The third-order valence-corrected chi connectivity index (χ3v) is 2.39. The third kappa shape index (κ3) is 1.66. The second-order valence-electron chi connectivity index (χ2n) is 3.24. The van der Waals surface area contributed by atoms with Gasteiger partial charge >= 0.3 is 0 Å². The minimum Gasteiger partial charge on any atom is -0.359 e. The predicted octanol–water partition coefficient (Wildman–Crippen LogP) is 1.91. The van der Waals surface area contributed by atoms with Gasteiger partial charge in [-0.1, -0.05) is 24.8 Å². The Morgan fingerprint density at radius 1 is 1.15 bits per heavy atom. The van der Waals surface area contributed by atoms with Gasteiger partial charge in [-0.3, -0.25) is 0 Å². The molecule has 13 heavy (non-hydrogen) atoms. The third-order valence-electron chi connectivity index (χ3n) is 2.39. The molecule has 0 saturated carbocycles. The smallest absolute Gasteiger partial charge is 0.0898 e. The first-order valence-corrected chi connectivity index (χ1v) is 4.57. The first kappa shape index (κ1) is 8.17. The molecule has 2 heteroatoms. The number of nitrogens with zero attached hydrogens (tertiary/aromatic N) is 2. The molecule has 68 valence electrons. The molecule has 0 radical (unpaired) electrons. The summed E-state index contributed by atoms with van der Waals surface area (Å²) in [4.78, 5) is 4.56. The molecule has 2 rings (SSSR count). The Labute approximate surface area is 79.1 Å². The minimum atomic E-state index is 0.966. The van der Waals surface area contributed by atoms with Gasteiger partial charge in [-0.25, -0.2) is 0 Å². The van der Waals surface area contributed by atoms with E-state index < -0.39 is 0 Å². The molecule has 1 fully saturated rings. The maximum atomic E-state index is 3.77. The van der Waals surface area contributed by atoms with Gasteiger partial charge in [0.15, 0.2) is 0 Å². The van der Waals surface area contributed by atoms with Gasteiger partial charge in [-0.2, -0.15) is 0 Å². The van der Waals surface area contributed by atoms with Crippen LogP contribution in [0.4, 0.5) is 5.69 Å². The number of para-hydroxylation sites is 1. The maximum absolute atomic E-state index is 3.77. The molecule has 2 nitrogen and oxygen atoms in total. The van der Waals surface area contributed by atoms with Crippen LogP contribution in [-0.4, -0.2) is 24.7 Å². The molecule has 1 heterocycles. The lowest BCUT2D eigenvalue weighted by molar-refractivity contribution is 0.473. The molecule has 0 spiro atoms. The van der Waals surface area contributed by atoms with Crippen molar-refractivity contribution in [2.45, 2.75) is 0 Å². The second-order valence-corrected chi connectivity index (χ2v) is 3.24. The average molecular weight is 174 g/mol. The summed E-state index contributed by atoms with van der Waals surface area (Å²) >= 11 is 0. The molecule has 0 atom stereocenters. The van der Waals surface area contributed by atoms with E-state index in [4.69, 9.17) is 0 Å². The van der Waals surface area contributed by atoms with Crippen LogP contribution in [0, 0.1) is 0 Å². The molecule has 1 aromatic carbocycles. The summed E-state index contributed by atoms with van der Waals surface area (Å²) in [5, 5.41) is 0. The van der Waals surface area contributed by atoms with Gasteiger partial charge in [0, 0.05) is 18.8 Å². The van der Waals surface area contributed by atoms with Crippen LogP contribution >= 0.6 is 0 Å². The Hall–Kier alpha value is -1.44. The summed E-state index contributed by atoms with van der Waals surface area (Å²) in [5.74, 6) is 0. The Bertz CT molecular complexity index is 281. The number of rotatable bonds is 2. The van der Waals surface area contributed by atoms with Crippen LogP contribution < -0.4 is 4.90 Å². The SMILES string of the molecule is C=CN1CCN(c2ccccc2)C1. The fraction of sp³-hybridized carbons (Fsp3) is 0.273. The lowest BCUT2D eigenvalue weighted by atomic mass is 10.3. The summed E-state index contributed by atoms with van der Waals surface area (Å²) in [7, 11) is 0. The summed E-state index contributed by atoms with van der Waals surface area (Å²) < 4.78 is 0. The molecule has 0 unspecified atom stereocenters. The standard InChI is InChI=1S/C11H14N2/c1-2-12-8-9-13(10-12)11-6-4-3-5-7-11/h2-7H,1,8-10H2. The van der Waals surface area contributed by atoms with Crippen molar-refractivity contribution in [3.8, 4) is 0 Å². The van der Waals surface area contributed by atoms with Crippen molar-refractivity contribution in [2.75, 3.05) is 24.7 Å². The van der Waals surface area contributed by atoms with Crippen molar-refractivity contribution in [1.82, 2.24) is 4.90 Å². The van der Waals surface area contributed by atoms with Gasteiger partial charge in [0.1, 0.15) is 0 Å². The molecule has 1 aliphatic heterocycles. The molecule has 0 aromatic heterocycles. The minimum absolute atomic E-state index is 0.966. The van der Waals surface area contributed by atoms with E-state index in [-0.39, 0.29) is 0 Å². The van der Waals surface area contributed by atoms with Gasteiger partial charge in [0.05, 0.1) is 6.67 Å². The Morgan fingerprint density at radius 2 is 1.92 bits per heavy atom. The fourth-order valence-electron chi connectivity index (χ4n) is 1.61. The molecular formula is C11H14N2. The van der Waals surface area contributed by atoms with E-state index in [9.17, 15) is 0 Å². The van der Waals surface area contributed by atoms with Gasteiger partial charge in [-0.15, -0.1) is 0 Å². The highest BCUT2D eigenvalue weighted by Gasteiger charge is 2.16. The Morgan fingerprint density at radius 3 is 2.54 bits per heavy atom. The van der Waals surface area contributed by atoms with Crippen molar-refractivity contribution >= 4 is 5.69 Å². The summed E-state index contributed by atoms with van der Waals surface area (Å²) in [6.45, 7) is 6.91. The van der Waals surface area contributed by atoms with Crippen LogP contribution in [0.15, 0.2) is 43.1 Å². The topological polar surface area (TPSA) is 6.48 Å². The zero-order chi connectivity index (χ0) is 9.10. The van der Waals surface area contributed by atoms with E-state index in [1.165, 1.54) is 5.69 Å². The van der Waals surface area contributed by atoms with Crippen LogP contribution in [0.5, 0.6) is 0 Å². The van der Waals surface area contributed by atoms with Gasteiger partial charge in [0.2, 0.25) is 0 Å². The van der Waals surface area contributed by atoms with Gasteiger partial charge in [0.25, 0.3) is 0 Å². The average Bonchev–Trinajstić information content (AvgIpc) is 2.67. The van der Waals surface area contributed by atoms with Gasteiger partial charge in [-0.05, 0) is 18.3 Å². The quantitative estimate of drug-likeness (QED) is 0.675. The normalized spacial score (nSPS) is 16.3. The molecule has 0 N–H and O–H groups in total. The van der Waals surface area contributed by atoms with Crippen molar-refractivity contribution < 1.29 is 0 Å². The van der Waals surface area contributed by atoms with Crippen LogP contribution in [0.3, 0.4) is 0 Å². The molecule has 0 aliphatic carbocycles.